The van der Waals surface area contributed by atoms with E-state index >= 15 is 0 Å². The summed E-state index contributed by atoms with van der Waals surface area (Å²) in [6.45, 7) is 0.989. The molecule has 20 heavy (non-hydrogen) atoms. The zero-order valence-corrected chi connectivity index (χ0v) is 11.4. The molecule has 100 valence electrons. The number of hydrogen-bond donors (Lipinski definition) is 1. The van der Waals surface area contributed by atoms with Crippen molar-refractivity contribution >= 4 is 16.7 Å². The van der Waals surface area contributed by atoms with E-state index in [2.05, 4.69) is 46.2 Å². The van der Waals surface area contributed by atoms with Gasteiger partial charge in [-0.3, -0.25) is 4.98 Å². The van der Waals surface area contributed by atoms with Gasteiger partial charge in [0.25, 0.3) is 0 Å². The summed E-state index contributed by atoms with van der Waals surface area (Å²) < 4.78 is 2.20. The summed E-state index contributed by atoms with van der Waals surface area (Å²) >= 11 is 0. The van der Waals surface area contributed by atoms with Crippen LogP contribution in [0.5, 0.6) is 0 Å². The van der Waals surface area contributed by atoms with Crippen molar-refractivity contribution in [3.05, 3.63) is 54.1 Å². The first-order valence-electron chi connectivity index (χ1n) is 6.94. The molecule has 1 N–H and O–H groups in total. The van der Waals surface area contributed by atoms with Crippen LogP contribution in [-0.2, 0) is 7.05 Å². The van der Waals surface area contributed by atoms with Crippen molar-refractivity contribution in [1.82, 2.24) is 14.5 Å². The van der Waals surface area contributed by atoms with Crippen LogP contribution in [0, 0.1) is 0 Å². The lowest BCUT2D eigenvalue weighted by Crippen LogP contribution is -2.19. The average molecular weight is 264 g/mol. The molecule has 0 saturated carbocycles. The van der Waals surface area contributed by atoms with E-state index in [1.807, 2.05) is 18.5 Å². The molecule has 0 aliphatic carbocycles. The first kappa shape index (κ1) is 11.5. The normalized spacial score (nSPS) is 17.8. The number of hydrogen-bond acceptors (Lipinski definition) is 3. The number of nitrogens with zero attached hydrogens (tertiary/aromatic N) is 3. The Bertz CT molecular complexity index is 775. The molecule has 0 amide bonds. The van der Waals surface area contributed by atoms with E-state index in [0.29, 0.717) is 5.92 Å². The van der Waals surface area contributed by atoms with Crippen molar-refractivity contribution in [2.45, 2.75) is 12.3 Å². The second-order valence-corrected chi connectivity index (χ2v) is 5.25. The van der Waals surface area contributed by atoms with Gasteiger partial charge >= 0.3 is 0 Å². The van der Waals surface area contributed by atoms with Gasteiger partial charge in [0.2, 0.25) is 0 Å². The number of fused-ring (bicyclic) bond motifs is 2. The first-order chi connectivity index (χ1) is 9.84. The fraction of sp³-hybridized carbons (Fsp3) is 0.250. The van der Waals surface area contributed by atoms with Gasteiger partial charge in [-0.2, -0.15) is 0 Å². The van der Waals surface area contributed by atoms with Crippen LogP contribution in [0.25, 0.3) is 11.0 Å². The Kier molecular flexibility index (Phi) is 2.49. The van der Waals surface area contributed by atoms with Gasteiger partial charge in [0.1, 0.15) is 11.3 Å². The van der Waals surface area contributed by atoms with Crippen molar-refractivity contribution in [2.24, 2.45) is 7.05 Å². The minimum atomic E-state index is 0.352. The van der Waals surface area contributed by atoms with Crippen LogP contribution in [0.2, 0.25) is 0 Å². The van der Waals surface area contributed by atoms with Gasteiger partial charge in [0.15, 0.2) is 0 Å². The maximum Gasteiger partial charge on any atom is 0.117 e. The molecule has 0 bridgehead atoms. The summed E-state index contributed by atoms with van der Waals surface area (Å²) in [5.41, 5.74) is 4.69. The summed E-state index contributed by atoms with van der Waals surface area (Å²) in [6.07, 6.45) is 4.73. The van der Waals surface area contributed by atoms with Gasteiger partial charge in [-0.1, -0.05) is 18.2 Å². The van der Waals surface area contributed by atoms with Crippen molar-refractivity contribution in [3.63, 3.8) is 0 Å². The predicted molar refractivity (Wildman–Crippen MR) is 79.9 cm³/mol. The summed E-state index contributed by atoms with van der Waals surface area (Å²) in [5, 5.41) is 3.47. The first-order valence-corrected chi connectivity index (χ1v) is 6.94. The molecule has 1 unspecified atom stereocenters. The number of nitrogens with one attached hydrogen (secondary N) is 1. The molecule has 0 spiro atoms. The number of benzene rings is 1. The fourth-order valence-corrected chi connectivity index (χ4v) is 3.12. The lowest BCUT2D eigenvalue weighted by Gasteiger charge is -2.26. The van der Waals surface area contributed by atoms with Gasteiger partial charge in [0, 0.05) is 31.4 Å². The van der Waals surface area contributed by atoms with Crippen LogP contribution in [0.1, 0.15) is 23.7 Å². The molecular formula is C16H16N4. The fourth-order valence-electron chi connectivity index (χ4n) is 3.12. The molecule has 0 saturated heterocycles. The zero-order valence-electron chi connectivity index (χ0n) is 11.4. The second-order valence-electron chi connectivity index (χ2n) is 5.25. The van der Waals surface area contributed by atoms with Gasteiger partial charge in [-0.25, -0.2) is 4.98 Å². The van der Waals surface area contributed by atoms with E-state index in [1.54, 1.807) is 0 Å². The Morgan fingerprint density at radius 3 is 3.05 bits per heavy atom. The van der Waals surface area contributed by atoms with E-state index in [0.717, 1.165) is 29.8 Å². The Hall–Kier alpha value is -2.36. The lowest BCUT2D eigenvalue weighted by molar-refractivity contribution is 0.649. The number of imidazole rings is 1. The number of anilines is 1. The highest BCUT2D eigenvalue weighted by molar-refractivity contribution is 5.75. The highest BCUT2D eigenvalue weighted by atomic mass is 15.1. The van der Waals surface area contributed by atoms with Gasteiger partial charge in [0.05, 0.1) is 11.7 Å². The minimum absolute atomic E-state index is 0.352. The standard InChI is InChI=1S/C16H16N4/c1-20-15-7-8-17-10-14(15)19-16(20)12-6-9-18-13-5-3-2-4-11(12)13/h2-5,7-8,10,12,18H,6,9H2,1H3. The molecule has 1 aromatic carbocycles. The molecule has 1 aliphatic rings. The molecule has 1 aliphatic heterocycles. The Morgan fingerprint density at radius 1 is 1.25 bits per heavy atom. The van der Waals surface area contributed by atoms with Crippen molar-refractivity contribution in [1.29, 1.82) is 0 Å². The van der Waals surface area contributed by atoms with Crippen molar-refractivity contribution < 1.29 is 0 Å². The molecule has 4 nitrogen and oxygen atoms in total. The van der Waals surface area contributed by atoms with Crippen LogP contribution in [-0.4, -0.2) is 21.1 Å². The molecule has 1 atom stereocenters. The molecule has 3 heterocycles. The third-order valence-electron chi connectivity index (χ3n) is 4.11. The predicted octanol–water partition coefficient (Wildman–Crippen LogP) is 2.92. The zero-order chi connectivity index (χ0) is 13.5. The summed E-state index contributed by atoms with van der Waals surface area (Å²) in [4.78, 5) is 8.98. The molecule has 3 aromatic rings. The summed E-state index contributed by atoms with van der Waals surface area (Å²) in [5.74, 6) is 1.48. The third kappa shape index (κ3) is 1.61. The van der Waals surface area contributed by atoms with Crippen LogP contribution in [0.4, 0.5) is 5.69 Å². The number of pyridine rings is 1. The van der Waals surface area contributed by atoms with Crippen LogP contribution in [0.15, 0.2) is 42.7 Å². The van der Waals surface area contributed by atoms with E-state index in [9.17, 15) is 0 Å². The molecule has 0 radical (unpaired) electrons. The average Bonchev–Trinajstić information content (AvgIpc) is 2.84. The molecular weight excluding hydrogens is 248 g/mol. The largest absolute Gasteiger partial charge is 0.385 e. The van der Waals surface area contributed by atoms with Gasteiger partial charge in [-0.15, -0.1) is 0 Å². The van der Waals surface area contributed by atoms with Crippen LogP contribution in [0.3, 0.4) is 0 Å². The van der Waals surface area contributed by atoms with Gasteiger partial charge in [-0.05, 0) is 24.1 Å². The van der Waals surface area contributed by atoms with Gasteiger partial charge < -0.3 is 9.88 Å². The Balaban J connectivity index is 1.90. The number of rotatable bonds is 1. The SMILES string of the molecule is Cn1c(C2CCNc3ccccc32)nc2cnccc21. The van der Waals surface area contributed by atoms with Crippen LogP contribution < -0.4 is 5.32 Å². The maximum atomic E-state index is 4.81. The van der Waals surface area contributed by atoms with Crippen molar-refractivity contribution in [2.75, 3.05) is 11.9 Å². The van der Waals surface area contributed by atoms with E-state index in [4.69, 9.17) is 4.98 Å². The lowest BCUT2D eigenvalue weighted by atomic mass is 9.90. The number of para-hydroxylation sites is 1. The van der Waals surface area contributed by atoms with Crippen molar-refractivity contribution in [3.8, 4) is 0 Å². The van der Waals surface area contributed by atoms with E-state index < -0.39 is 0 Å². The quantitative estimate of drug-likeness (QED) is 0.735. The Labute approximate surface area is 117 Å². The Morgan fingerprint density at radius 2 is 2.15 bits per heavy atom. The minimum Gasteiger partial charge on any atom is -0.385 e. The number of aryl methyl sites for hydroxylation is 1. The number of aromatic nitrogens is 3. The smallest absolute Gasteiger partial charge is 0.117 e. The second kappa shape index (κ2) is 4.34. The molecule has 4 rings (SSSR count). The van der Waals surface area contributed by atoms with E-state index in [1.165, 1.54) is 11.3 Å². The third-order valence-corrected chi connectivity index (χ3v) is 4.11. The molecule has 4 heteroatoms. The van der Waals surface area contributed by atoms with E-state index in [-0.39, 0.29) is 0 Å². The van der Waals surface area contributed by atoms with Crippen LogP contribution >= 0.6 is 0 Å². The molecule has 0 fully saturated rings. The highest BCUT2D eigenvalue weighted by Gasteiger charge is 2.25. The maximum absolute atomic E-state index is 4.81. The summed E-state index contributed by atoms with van der Waals surface area (Å²) in [7, 11) is 2.09. The topological polar surface area (TPSA) is 42.7 Å². The highest BCUT2D eigenvalue weighted by Crippen LogP contribution is 2.36. The monoisotopic (exact) mass is 264 g/mol. The molecule has 2 aromatic heterocycles. The summed E-state index contributed by atoms with van der Waals surface area (Å²) in [6, 6.07) is 10.5.